The lowest BCUT2D eigenvalue weighted by atomic mass is 9.97. The Morgan fingerprint density at radius 1 is 0.829 bits per heavy atom. The third-order valence-corrected chi connectivity index (χ3v) is 5.40. The van der Waals surface area contributed by atoms with Gasteiger partial charge in [-0.3, -0.25) is 34.1 Å². The molecule has 6 atom stereocenters. The van der Waals surface area contributed by atoms with E-state index >= 15 is 0 Å². The molecule has 232 valence electrons. The number of ether oxygens (including phenoxy) is 6. The lowest BCUT2D eigenvalue weighted by Gasteiger charge is -2.44. The zero-order valence-electron chi connectivity index (χ0n) is 21.5. The zero-order valence-corrected chi connectivity index (χ0v) is 21.5. The van der Waals surface area contributed by atoms with Crippen molar-refractivity contribution >= 4 is 35.8 Å². The van der Waals surface area contributed by atoms with Crippen LogP contribution in [0.3, 0.4) is 0 Å². The van der Waals surface area contributed by atoms with Gasteiger partial charge < -0.3 is 33.7 Å². The van der Waals surface area contributed by atoms with E-state index in [4.69, 9.17) is 23.7 Å². The molecule has 0 radical (unpaired) electrons. The predicted octanol–water partition coefficient (Wildman–Crippen LogP) is -0.0883. The molecule has 2 aliphatic rings. The number of halogens is 6. The first-order valence-electron chi connectivity index (χ1n) is 11.4. The van der Waals surface area contributed by atoms with E-state index in [2.05, 4.69) is 4.74 Å². The van der Waals surface area contributed by atoms with Crippen LogP contribution in [0.25, 0.3) is 0 Å². The number of alkyl halides is 6. The summed E-state index contributed by atoms with van der Waals surface area (Å²) in [7, 11) is 0. The van der Waals surface area contributed by atoms with Gasteiger partial charge in [-0.2, -0.15) is 26.3 Å². The summed E-state index contributed by atoms with van der Waals surface area (Å²) in [5.41, 5.74) is -5.09. The number of amides is 1. The Balaban J connectivity index is 2.37. The van der Waals surface area contributed by atoms with Crippen molar-refractivity contribution in [1.29, 1.82) is 0 Å². The molecule has 2 fully saturated rings. The fourth-order valence-electron chi connectivity index (χ4n) is 3.88. The van der Waals surface area contributed by atoms with Crippen LogP contribution < -0.4 is 10.6 Å². The number of carbonyl (C=O) groups is 6. The van der Waals surface area contributed by atoms with Crippen molar-refractivity contribution in [2.45, 2.75) is 88.9 Å². The second-order valence-corrected chi connectivity index (χ2v) is 8.69. The predicted molar refractivity (Wildman–Crippen MR) is 113 cm³/mol. The van der Waals surface area contributed by atoms with Crippen LogP contribution in [0.15, 0.2) is 0 Å². The van der Waals surface area contributed by atoms with Gasteiger partial charge in [0, 0.05) is 27.7 Å². The van der Waals surface area contributed by atoms with Gasteiger partial charge in [-0.15, -0.1) is 0 Å². The van der Waals surface area contributed by atoms with Crippen molar-refractivity contribution in [1.82, 2.24) is 10.6 Å². The van der Waals surface area contributed by atoms with E-state index in [1.54, 1.807) is 0 Å². The Labute approximate surface area is 226 Å². The Kier molecular flexibility index (Phi) is 10.2. The van der Waals surface area contributed by atoms with E-state index in [1.165, 1.54) is 0 Å². The summed E-state index contributed by atoms with van der Waals surface area (Å²) in [6.45, 7) is 3.02. The third kappa shape index (κ3) is 7.96. The van der Waals surface area contributed by atoms with Crippen LogP contribution in [0.1, 0.15) is 34.1 Å². The quantitative estimate of drug-likeness (QED) is 0.212. The van der Waals surface area contributed by atoms with Crippen LogP contribution in [0.2, 0.25) is 0 Å². The molecule has 1 amide bonds. The lowest BCUT2D eigenvalue weighted by molar-refractivity contribution is -0.369. The molecular weight excluding hydrogens is 586 g/mol. The summed E-state index contributed by atoms with van der Waals surface area (Å²) in [6, 6.07) is -2.45. The molecular formula is C21H24F6N2O12. The van der Waals surface area contributed by atoms with Crippen molar-refractivity contribution in [3.05, 3.63) is 0 Å². The molecule has 0 unspecified atom stereocenters. The van der Waals surface area contributed by atoms with Gasteiger partial charge in [0.15, 0.2) is 24.5 Å². The second kappa shape index (κ2) is 12.5. The first-order valence-corrected chi connectivity index (χ1v) is 11.4. The first kappa shape index (κ1) is 33.5. The molecule has 2 rings (SSSR count). The normalized spacial score (nSPS) is 27.7. The molecule has 20 heteroatoms. The smallest absolute Gasteiger partial charge is 0.452 e. The molecule has 0 aromatic heterocycles. The largest absolute Gasteiger partial charge is 0.463 e. The van der Waals surface area contributed by atoms with E-state index in [-0.39, 0.29) is 0 Å². The molecule has 0 aromatic rings. The monoisotopic (exact) mass is 610 g/mol. The summed E-state index contributed by atoms with van der Waals surface area (Å²) in [4.78, 5) is 71.3. The molecule has 41 heavy (non-hydrogen) atoms. The third-order valence-electron chi connectivity index (χ3n) is 5.40. The van der Waals surface area contributed by atoms with Crippen LogP contribution in [0.5, 0.6) is 0 Å². The number of hydrogen-bond donors (Lipinski definition) is 2. The average Bonchev–Trinajstić information content (AvgIpc) is 3.13. The SMILES string of the molecule is CC(=O)OC[C@H]1O[C@@H](NC(=O)C[C@@H]2NC(C(F)(F)F)(C(F)(F)F)OC2=O)[C@H](OC(C)=O)[C@@H](OC(C)=O)[C@@H]1OC(C)=O. The van der Waals surface area contributed by atoms with E-state index in [0.717, 1.165) is 33.0 Å². The first-order chi connectivity index (χ1) is 18.7. The maximum atomic E-state index is 13.2. The Hall–Kier alpha value is -3.68. The summed E-state index contributed by atoms with van der Waals surface area (Å²) < 4.78 is 109. The van der Waals surface area contributed by atoms with Gasteiger partial charge in [0.05, 0.1) is 6.42 Å². The molecule has 2 N–H and O–H groups in total. The maximum absolute atomic E-state index is 13.2. The van der Waals surface area contributed by atoms with Crippen LogP contribution in [-0.4, -0.2) is 97.1 Å². The van der Waals surface area contributed by atoms with Crippen LogP contribution in [0.4, 0.5) is 26.3 Å². The van der Waals surface area contributed by atoms with Gasteiger partial charge in [-0.05, 0) is 0 Å². The minimum absolute atomic E-state index is 0.694. The van der Waals surface area contributed by atoms with E-state index in [0.29, 0.717) is 0 Å². The minimum atomic E-state index is -6.16. The number of hydrogen-bond acceptors (Lipinski definition) is 13. The van der Waals surface area contributed by atoms with Crippen molar-refractivity contribution in [2.75, 3.05) is 6.61 Å². The molecule has 0 spiro atoms. The highest BCUT2D eigenvalue weighted by Crippen LogP contribution is 2.47. The Bertz CT molecular complexity index is 1050. The maximum Gasteiger partial charge on any atom is 0.452 e. The average molecular weight is 610 g/mol. The van der Waals surface area contributed by atoms with Gasteiger partial charge in [0.1, 0.15) is 18.8 Å². The highest BCUT2D eigenvalue weighted by Gasteiger charge is 2.78. The topological polar surface area (TPSA) is 182 Å². The lowest BCUT2D eigenvalue weighted by Crippen LogP contribution is -2.66. The van der Waals surface area contributed by atoms with Crippen molar-refractivity contribution in [2.24, 2.45) is 0 Å². The van der Waals surface area contributed by atoms with Crippen LogP contribution in [-0.2, 0) is 57.2 Å². The fraction of sp³-hybridized carbons (Fsp3) is 0.714. The zero-order chi connectivity index (χ0) is 31.5. The molecule has 2 heterocycles. The van der Waals surface area contributed by atoms with Gasteiger partial charge in [0.2, 0.25) is 5.91 Å². The molecule has 14 nitrogen and oxygen atoms in total. The van der Waals surface area contributed by atoms with E-state index in [1.807, 2.05) is 5.32 Å². The van der Waals surface area contributed by atoms with Gasteiger partial charge in [-0.1, -0.05) is 0 Å². The highest BCUT2D eigenvalue weighted by molar-refractivity contribution is 5.87. The summed E-state index contributed by atoms with van der Waals surface area (Å²) in [6.07, 6.45) is -22.3. The van der Waals surface area contributed by atoms with Crippen LogP contribution in [0, 0.1) is 0 Å². The number of esters is 5. The minimum Gasteiger partial charge on any atom is -0.463 e. The van der Waals surface area contributed by atoms with Crippen molar-refractivity contribution in [3.63, 3.8) is 0 Å². The Morgan fingerprint density at radius 3 is 1.76 bits per heavy atom. The standard InChI is InChI=1S/C21H24F6N2O12/c1-7(30)36-6-12-14(37-8(2)31)15(38-9(3)32)16(39-10(4)33)17(40-12)28-13(34)5-11-18(35)41-19(29-11,20(22,23)24)21(25,26)27/h11-12,14-17,29H,5-6H2,1-4H3,(H,28,34)/t11-,12+,14+,15-,16+,17+/m0/s1. The number of carbonyl (C=O) groups excluding carboxylic acids is 6. The molecule has 0 aliphatic carbocycles. The summed E-state index contributed by atoms with van der Waals surface area (Å²) in [5.74, 6) is -7.38. The summed E-state index contributed by atoms with van der Waals surface area (Å²) >= 11 is 0. The number of cyclic esters (lactones) is 1. The molecule has 0 bridgehead atoms. The van der Waals surface area contributed by atoms with Crippen LogP contribution >= 0.6 is 0 Å². The number of rotatable bonds is 8. The van der Waals surface area contributed by atoms with E-state index < -0.39 is 104 Å². The molecule has 2 saturated heterocycles. The molecule has 0 saturated carbocycles. The van der Waals surface area contributed by atoms with Crippen molar-refractivity contribution in [3.8, 4) is 0 Å². The van der Waals surface area contributed by atoms with Gasteiger partial charge in [0.25, 0.3) is 0 Å². The van der Waals surface area contributed by atoms with Gasteiger partial charge >= 0.3 is 47.9 Å². The molecule has 2 aliphatic heterocycles. The summed E-state index contributed by atoms with van der Waals surface area (Å²) in [5, 5.41) is 2.96. The second-order valence-electron chi connectivity index (χ2n) is 8.69. The highest BCUT2D eigenvalue weighted by atomic mass is 19.4. The fourth-order valence-corrected chi connectivity index (χ4v) is 3.88. The van der Waals surface area contributed by atoms with E-state index in [9.17, 15) is 55.1 Å². The van der Waals surface area contributed by atoms with Gasteiger partial charge in [-0.25, -0.2) is 0 Å². The van der Waals surface area contributed by atoms with Crippen molar-refractivity contribution < 1.29 is 83.5 Å². The Morgan fingerprint density at radius 2 is 1.32 bits per heavy atom. The molecule has 0 aromatic carbocycles. The number of nitrogens with one attached hydrogen (secondary N) is 2.